The van der Waals surface area contributed by atoms with Crippen LogP contribution in [0.25, 0.3) is 0 Å². The monoisotopic (exact) mass is 270 g/mol. The number of aryl methyl sites for hydroxylation is 1. The molecule has 6 heteroatoms. The Hall–Kier alpha value is -0.880. The summed E-state index contributed by atoms with van der Waals surface area (Å²) in [5.74, 6) is 1.21. The Morgan fingerprint density at radius 3 is 2.89 bits per heavy atom. The topological polar surface area (TPSA) is 72.2 Å². The molecule has 1 aromatic heterocycles. The number of sulfone groups is 1. The van der Waals surface area contributed by atoms with Crippen LogP contribution in [-0.2, 0) is 16.3 Å². The van der Waals surface area contributed by atoms with Crippen LogP contribution in [0.1, 0.15) is 48.5 Å². The van der Waals surface area contributed by atoms with E-state index in [0.717, 1.165) is 31.5 Å². The molecule has 3 rings (SSSR count). The molecule has 0 spiro atoms. The van der Waals surface area contributed by atoms with E-state index in [0.29, 0.717) is 12.1 Å². The highest BCUT2D eigenvalue weighted by atomic mass is 32.2. The molecule has 2 unspecified atom stereocenters. The summed E-state index contributed by atoms with van der Waals surface area (Å²) in [5, 5.41) is 8.93. The van der Waals surface area contributed by atoms with Gasteiger partial charge in [-0.3, -0.25) is 0 Å². The molecule has 0 aliphatic carbocycles. The van der Waals surface area contributed by atoms with Crippen LogP contribution in [0.2, 0.25) is 0 Å². The summed E-state index contributed by atoms with van der Waals surface area (Å²) in [7, 11) is -3.00. The van der Waals surface area contributed by atoms with Gasteiger partial charge in [-0.2, -0.15) is 0 Å². The van der Waals surface area contributed by atoms with Crippen molar-refractivity contribution in [3.8, 4) is 0 Å². The molecule has 1 aromatic rings. The van der Waals surface area contributed by atoms with Gasteiger partial charge in [-0.15, -0.1) is 0 Å². The van der Waals surface area contributed by atoms with Gasteiger partial charge in [0.2, 0.25) is 0 Å². The summed E-state index contributed by atoms with van der Waals surface area (Å²) in [6.07, 6.45) is 6.10. The van der Waals surface area contributed by atoms with Gasteiger partial charge >= 0.3 is 0 Å². The number of hydrogen-bond acceptors (Lipinski definition) is 4. The Morgan fingerprint density at radius 1 is 1.39 bits per heavy atom. The fraction of sp³-hybridized carbons (Fsp3) is 0.750. The Bertz CT molecular complexity index is 550. The summed E-state index contributed by atoms with van der Waals surface area (Å²) in [6.45, 7) is 0.0974. The van der Waals surface area contributed by atoms with Gasteiger partial charge in [-0.05, 0) is 25.7 Å². The first-order valence-electron chi connectivity index (χ1n) is 6.52. The third kappa shape index (κ3) is 1.87. The number of aliphatic hydroxyl groups is 1. The number of imidazole rings is 1. The zero-order valence-electron chi connectivity index (χ0n) is 10.2. The van der Waals surface area contributed by atoms with Crippen LogP contribution in [-0.4, -0.2) is 35.4 Å². The van der Waals surface area contributed by atoms with Crippen LogP contribution < -0.4 is 0 Å². The van der Waals surface area contributed by atoms with Crippen LogP contribution in [0.4, 0.5) is 0 Å². The lowest BCUT2D eigenvalue weighted by Crippen LogP contribution is -2.20. The predicted octanol–water partition coefficient (Wildman–Crippen LogP) is 1.00. The quantitative estimate of drug-likeness (QED) is 0.870. The predicted molar refractivity (Wildman–Crippen MR) is 67.0 cm³/mol. The maximum Gasteiger partial charge on any atom is 0.158 e. The van der Waals surface area contributed by atoms with E-state index >= 15 is 0 Å². The van der Waals surface area contributed by atoms with Crippen molar-refractivity contribution in [3.63, 3.8) is 0 Å². The molecule has 0 radical (unpaired) electrons. The maximum absolute atomic E-state index is 11.9. The van der Waals surface area contributed by atoms with Crippen LogP contribution in [0.3, 0.4) is 0 Å². The van der Waals surface area contributed by atoms with Gasteiger partial charge in [0, 0.05) is 12.6 Å². The summed E-state index contributed by atoms with van der Waals surface area (Å²) >= 11 is 0. The molecule has 1 fully saturated rings. The fourth-order valence-electron chi connectivity index (χ4n) is 3.05. The van der Waals surface area contributed by atoms with E-state index < -0.39 is 15.1 Å². The molecule has 0 amide bonds. The molecule has 2 aliphatic heterocycles. The minimum absolute atomic E-state index is 0.0686. The lowest BCUT2D eigenvalue weighted by Gasteiger charge is -2.22. The summed E-state index contributed by atoms with van der Waals surface area (Å²) in [6, 6.07) is 0.0686. The van der Waals surface area contributed by atoms with Gasteiger partial charge in [-0.25, -0.2) is 13.4 Å². The van der Waals surface area contributed by atoms with E-state index in [1.54, 1.807) is 0 Å². The molecular weight excluding hydrogens is 252 g/mol. The van der Waals surface area contributed by atoms with Gasteiger partial charge in [0.05, 0.1) is 24.1 Å². The van der Waals surface area contributed by atoms with Gasteiger partial charge < -0.3 is 9.67 Å². The zero-order valence-corrected chi connectivity index (χ0v) is 11.1. The summed E-state index contributed by atoms with van der Waals surface area (Å²) in [5.41, 5.74) is 0.683. The van der Waals surface area contributed by atoms with Crippen molar-refractivity contribution in [1.29, 1.82) is 0 Å². The third-order valence-corrected chi connectivity index (χ3v) is 6.23. The molecule has 1 N–H and O–H groups in total. The minimum atomic E-state index is -3.00. The highest BCUT2D eigenvalue weighted by molar-refractivity contribution is 7.91. The van der Waals surface area contributed by atoms with Gasteiger partial charge in [-0.1, -0.05) is 0 Å². The van der Waals surface area contributed by atoms with Crippen LogP contribution in [0.15, 0.2) is 6.20 Å². The van der Waals surface area contributed by atoms with E-state index in [4.69, 9.17) is 0 Å². The highest BCUT2D eigenvalue weighted by Crippen LogP contribution is 2.35. The van der Waals surface area contributed by atoms with Crippen molar-refractivity contribution in [2.24, 2.45) is 0 Å². The van der Waals surface area contributed by atoms with Crippen molar-refractivity contribution >= 4 is 9.84 Å². The van der Waals surface area contributed by atoms with E-state index in [-0.39, 0.29) is 18.4 Å². The first kappa shape index (κ1) is 12.2. The van der Waals surface area contributed by atoms with E-state index in [1.807, 2.05) is 10.8 Å². The van der Waals surface area contributed by atoms with Crippen molar-refractivity contribution in [1.82, 2.24) is 9.55 Å². The zero-order chi connectivity index (χ0) is 12.8. The average Bonchev–Trinajstić information content (AvgIpc) is 2.90. The van der Waals surface area contributed by atoms with E-state index in [1.165, 1.54) is 0 Å². The second-order valence-corrected chi connectivity index (χ2v) is 7.52. The molecule has 0 aromatic carbocycles. The number of aromatic nitrogens is 2. The van der Waals surface area contributed by atoms with Crippen LogP contribution in [0, 0.1) is 0 Å². The molecule has 0 bridgehead atoms. The Labute approximate surface area is 107 Å². The highest BCUT2D eigenvalue weighted by Gasteiger charge is 2.35. The summed E-state index contributed by atoms with van der Waals surface area (Å²) in [4.78, 5) is 4.50. The Balaban J connectivity index is 1.98. The SMILES string of the molecule is O=S1(=O)CCCC1c1cn2c(n1)CCCC2CO. The molecule has 18 heavy (non-hydrogen) atoms. The van der Waals surface area contributed by atoms with Crippen molar-refractivity contribution in [2.45, 2.75) is 43.4 Å². The van der Waals surface area contributed by atoms with Crippen molar-refractivity contribution < 1.29 is 13.5 Å². The van der Waals surface area contributed by atoms with Gasteiger partial charge in [0.15, 0.2) is 9.84 Å². The van der Waals surface area contributed by atoms with Crippen molar-refractivity contribution in [3.05, 3.63) is 17.7 Å². The lowest BCUT2D eigenvalue weighted by molar-refractivity contribution is 0.206. The molecule has 100 valence electrons. The molecule has 2 aliphatic rings. The molecule has 3 heterocycles. The second kappa shape index (κ2) is 4.35. The van der Waals surface area contributed by atoms with Crippen LogP contribution >= 0.6 is 0 Å². The smallest absolute Gasteiger partial charge is 0.158 e. The second-order valence-electron chi connectivity index (χ2n) is 5.22. The number of hydrogen-bond donors (Lipinski definition) is 1. The number of fused-ring (bicyclic) bond motifs is 1. The molecular formula is C12H18N2O3S. The van der Waals surface area contributed by atoms with Crippen molar-refractivity contribution in [2.75, 3.05) is 12.4 Å². The largest absolute Gasteiger partial charge is 0.394 e. The lowest BCUT2D eigenvalue weighted by atomic mass is 10.1. The standard InChI is InChI=1S/C12H18N2O3S/c15-8-9-3-1-5-12-13-10(7-14(9)12)11-4-2-6-18(11,16)17/h7,9,11,15H,1-6,8H2. The Morgan fingerprint density at radius 2 is 2.22 bits per heavy atom. The van der Waals surface area contributed by atoms with Crippen LogP contribution in [0.5, 0.6) is 0 Å². The molecule has 2 atom stereocenters. The fourth-order valence-corrected chi connectivity index (χ4v) is 4.91. The normalized spacial score (nSPS) is 30.3. The first-order chi connectivity index (χ1) is 8.62. The number of aliphatic hydroxyl groups excluding tert-OH is 1. The van der Waals surface area contributed by atoms with E-state index in [9.17, 15) is 13.5 Å². The van der Waals surface area contributed by atoms with E-state index in [2.05, 4.69) is 4.98 Å². The third-order valence-electron chi connectivity index (χ3n) is 4.03. The molecule has 0 saturated carbocycles. The minimum Gasteiger partial charge on any atom is -0.394 e. The average molecular weight is 270 g/mol. The maximum atomic E-state index is 11.9. The molecule has 1 saturated heterocycles. The van der Waals surface area contributed by atoms with Gasteiger partial charge in [0.1, 0.15) is 11.1 Å². The first-order valence-corrected chi connectivity index (χ1v) is 8.23. The van der Waals surface area contributed by atoms with Gasteiger partial charge in [0.25, 0.3) is 0 Å². The number of nitrogens with zero attached hydrogens (tertiary/aromatic N) is 2. The number of rotatable bonds is 2. The molecule has 5 nitrogen and oxygen atoms in total. The summed E-state index contributed by atoms with van der Waals surface area (Å²) < 4.78 is 25.8. The Kier molecular flexibility index (Phi) is 2.94.